The number of methoxy groups -OCH3 is 2. The predicted octanol–water partition coefficient (Wildman–Crippen LogP) is 5.06. The van der Waals surface area contributed by atoms with Crippen molar-refractivity contribution in [3.63, 3.8) is 0 Å². The van der Waals surface area contributed by atoms with Gasteiger partial charge >= 0.3 is 6.16 Å². The van der Waals surface area contributed by atoms with Crippen molar-refractivity contribution in [1.29, 1.82) is 0 Å². The Morgan fingerprint density at radius 2 is 1.50 bits per heavy atom. The van der Waals surface area contributed by atoms with Crippen molar-refractivity contribution < 1.29 is 33.3 Å². The first kappa shape index (κ1) is 26.1. The summed E-state index contributed by atoms with van der Waals surface area (Å²) in [6.45, 7) is 1.88. The third-order valence-corrected chi connectivity index (χ3v) is 5.07. The fraction of sp³-hybridized carbons (Fsp3) is 0.222. The Bertz CT molecular complexity index is 1210. The monoisotopic (exact) mass is 492 g/mol. The molecular weight excluding hydrogens is 464 g/mol. The summed E-state index contributed by atoms with van der Waals surface area (Å²) in [4.78, 5) is 36.4. The van der Waals surface area contributed by atoms with Gasteiger partial charge in [0.15, 0.2) is 11.5 Å². The van der Waals surface area contributed by atoms with Gasteiger partial charge in [-0.05, 0) is 73.5 Å². The van der Waals surface area contributed by atoms with E-state index < -0.39 is 6.16 Å². The molecule has 0 aliphatic rings. The summed E-state index contributed by atoms with van der Waals surface area (Å²) in [6.07, 6.45) is -0.0117. The average molecular weight is 493 g/mol. The number of rotatable bonds is 10. The SMILES string of the molecule is CCOC(=O)Oc1ccc(C(=O)Nc2cccc(NC(=O)CCc3ccc(OC)c(OC)c3)c2)cc1. The summed E-state index contributed by atoms with van der Waals surface area (Å²) in [5.41, 5.74) is 2.39. The third kappa shape index (κ3) is 7.49. The van der Waals surface area contributed by atoms with Gasteiger partial charge < -0.3 is 29.6 Å². The lowest BCUT2D eigenvalue weighted by molar-refractivity contribution is -0.116. The Hall–Kier alpha value is -4.53. The number of carbonyl (C=O) groups excluding carboxylic acids is 3. The largest absolute Gasteiger partial charge is 0.513 e. The van der Waals surface area contributed by atoms with E-state index in [1.165, 1.54) is 24.3 Å². The van der Waals surface area contributed by atoms with Crippen LogP contribution in [0.2, 0.25) is 0 Å². The third-order valence-electron chi connectivity index (χ3n) is 5.07. The van der Waals surface area contributed by atoms with Crippen LogP contribution in [0.5, 0.6) is 17.2 Å². The van der Waals surface area contributed by atoms with Crippen molar-refractivity contribution in [3.05, 3.63) is 77.9 Å². The van der Waals surface area contributed by atoms with Crippen molar-refractivity contribution in [2.45, 2.75) is 19.8 Å². The van der Waals surface area contributed by atoms with Gasteiger partial charge in [0.2, 0.25) is 5.91 Å². The molecule has 0 aliphatic heterocycles. The van der Waals surface area contributed by atoms with Crippen molar-refractivity contribution in [1.82, 2.24) is 0 Å². The average Bonchev–Trinajstić information content (AvgIpc) is 2.88. The highest BCUT2D eigenvalue weighted by molar-refractivity contribution is 6.04. The second kappa shape index (κ2) is 12.8. The van der Waals surface area contributed by atoms with Gasteiger partial charge in [-0.3, -0.25) is 9.59 Å². The molecule has 188 valence electrons. The smallest absolute Gasteiger partial charge is 0.493 e. The van der Waals surface area contributed by atoms with Crippen LogP contribution >= 0.6 is 0 Å². The molecule has 2 amide bonds. The standard InChI is InChI=1S/C27H28N2O7/c1-4-35-27(32)36-22-12-10-19(11-13-22)26(31)29-21-7-5-6-20(17-21)28-25(30)15-9-18-8-14-23(33-2)24(16-18)34-3/h5-8,10-14,16-17H,4,9,15H2,1-3H3,(H,28,30)(H,29,31). The molecule has 3 rings (SSSR count). The molecule has 9 nitrogen and oxygen atoms in total. The van der Waals surface area contributed by atoms with Crippen LogP contribution in [0.1, 0.15) is 29.3 Å². The van der Waals surface area contributed by atoms with E-state index >= 15 is 0 Å². The predicted molar refractivity (Wildman–Crippen MR) is 135 cm³/mol. The molecule has 2 N–H and O–H groups in total. The summed E-state index contributed by atoms with van der Waals surface area (Å²) in [5.74, 6) is 0.994. The number of aryl methyl sites for hydroxylation is 1. The van der Waals surface area contributed by atoms with Gasteiger partial charge in [-0.2, -0.15) is 0 Å². The van der Waals surface area contributed by atoms with E-state index in [0.717, 1.165) is 5.56 Å². The van der Waals surface area contributed by atoms with Gasteiger partial charge in [-0.15, -0.1) is 0 Å². The zero-order valence-corrected chi connectivity index (χ0v) is 20.3. The second-order valence-electron chi connectivity index (χ2n) is 7.58. The van der Waals surface area contributed by atoms with E-state index in [0.29, 0.717) is 34.9 Å². The van der Waals surface area contributed by atoms with Gasteiger partial charge in [-0.1, -0.05) is 12.1 Å². The van der Waals surface area contributed by atoms with Crippen LogP contribution in [0, 0.1) is 0 Å². The zero-order chi connectivity index (χ0) is 25.9. The number of amides is 2. The molecule has 0 aromatic heterocycles. The number of nitrogens with one attached hydrogen (secondary N) is 2. The van der Waals surface area contributed by atoms with Crippen LogP contribution in [0.4, 0.5) is 16.2 Å². The zero-order valence-electron chi connectivity index (χ0n) is 20.3. The minimum absolute atomic E-state index is 0.162. The number of benzene rings is 3. The van der Waals surface area contributed by atoms with Crippen LogP contribution in [0.25, 0.3) is 0 Å². The number of hydrogen-bond donors (Lipinski definition) is 2. The van der Waals surface area contributed by atoms with E-state index in [-0.39, 0.29) is 30.6 Å². The Labute approximate surface area is 209 Å². The van der Waals surface area contributed by atoms with Crippen LogP contribution in [0.15, 0.2) is 66.7 Å². The summed E-state index contributed by atoms with van der Waals surface area (Å²) in [5, 5.41) is 5.63. The number of ether oxygens (including phenoxy) is 4. The summed E-state index contributed by atoms with van der Waals surface area (Å²) in [6, 6.07) is 18.5. The molecule has 0 heterocycles. The maximum Gasteiger partial charge on any atom is 0.513 e. The summed E-state index contributed by atoms with van der Waals surface area (Å²) < 4.78 is 20.2. The number of carbonyl (C=O) groups is 3. The van der Waals surface area contributed by atoms with Gasteiger partial charge in [0.05, 0.1) is 20.8 Å². The van der Waals surface area contributed by atoms with Crippen LogP contribution in [0.3, 0.4) is 0 Å². The topological polar surface area (TPSA) is 112 Å². The minimum Gasteiger partial charge on any atom is -0.493 e. The number of hydrogen-bond acceptors (Lipinski definition) is 7. The van der Waals surface area contributed by atoms with E-state index in [1.54, 1.807) is 51.5 Å². The van der Waals surface area contributed by atoms with Gasteiger partial charge in [0.25, 0.3) is 5.91 Å². The molecule has 0 saturated heterocycles. The molecule has 0 aliphatic carbocycles. The molecule has 0 saturated carbocycles. The van der Waals surface area contributed by atoms with Crippen molar-refractivity contribution >= 4 is 29.3 Å². The lowest BCUT2D eigenvalue weighted by atomic mass is 10.1. The lowest BCUT2D eigenvalue weighted by Gasteiger charge is -2.11. The quantitative estimate of drug-likeness (QED) is 0.300. The Balaban J connectivity index is 1.54. The van der Waals surface area contributed by atoms with Crippen molar-refractivity contribution in [3.8, 4) is 17.2 Å². The van der Waals surface area contributed by atoms with Crippen LogP contribution in [-0.4, -0.2) is 38.8 Å². The highest BCUT2D eigenvalue weighted by Crippen LogP contribution is 2.28. The Kier molecular flexibility index (Phi) is 9.27. The summed E-state index contributed by atoms with van der Waals surface area (Å²) >= 11 is 0. The van der Waals surface area contributed by atoms with Crippen molar-refractivity contribution in [2.75, 3.05) is 31.5 Å². The number of anilines is 2. The fourth-order valence-electron chi connectivity index (χ4n) is 3.31. The van der Waals surface area contributed by atoms with Crippen LogP contribution in [-0.2, 0) is 16.0 Å². The van der Waals surface area contributed by atoms with Gasteiger partial charge in [0, 0.05) is 23.4 Å². The Morgan fingerprint density at radius 1 is 0.806 bits per heavy atom. The molecule has 3 aromatic carbocycles. The first-order valence-corrected chi connectivity index (χ1v) is 11.3. The first-order chi connectivity index (χ1) is 17.4. The van der Waals surface area contributed by atoms with Gasteiger partial charge in [-0.25, -0.2) is 4.79 Å². The fourth-order valence-corrected chi connectivity index (χ4v) is 3.31. The summed E-state index contributed by atoms with van der Waals surface area (Å²) in [7, 11) is 3.14. The highest BCUT2D eigenvalue weighted by Gasteiger charge is 2.11. The molecule has 0 fully saturated rings. The maximum atomic E-state index is 12.6. The molecule has 0 bridgehead atoms. The molecule has 0 atom stereocenters. The Morgan fingerprint density at radius 3 is 2.17 bits per heavy atom. The molecule has 0 unspecified atom stereocenters. The lowest BCUT2D eigenvalue weighted by Crippen LogP contribution is -2.14. The minimum atomic E-state index is -0.808. The molecule has 0 spiro atoms. The normalized spacial score (nSPS) is 10.2. The van der Waals surface area contributed by atoms with E-state index in [9.17, 15) is 14.4 Å². The van der Waals surface area contributed by atoms with E-state index in [1.807, 2.05) is 12.1 Å². The van der Waals surface area contributed by atoms with Crippen molar-refractivity contribution in [2.24, 2.45) is 0 Å². The molecule has 9 heteroatoms. The van der Waals surface area contributed by atoms with E-state index in [2.05, 4.69) is 10.6 Å². The molecule has 3 aromatic rings. The van der Waals surface area contributed by atoms with Gasteiger partial charge in [0.1, 0.15) is 5.75 Å². The first-order valence-electron chi connectivity index (χ1n) is 11.3. The second-order valence-corrected chi connectivity index (χ2v) is 7.58. The van der Waals surface area contributed by atoms with Crippen LogP contribution < -0.4 is 24.8 Å². The highest BCUT2D eigenvalue weighted by atomic mass is 16.7. The maximum absolute atomic E-state index is 12.6. The molecular formula is C27H28N2O7. The van der Waals surface area contributed by atoms with E-state index in [4.69, 9.17) is 18.9 Å². The molecule has 0 radical (unpaired) electrons. The molecule has 36 heavy (non-hydrogen) atoms.